The van der Waals surface area contributed by atoms with Crippen LogP contribution in [-0.4, -0.2) is 47.2 Å². The average molecular weight is 601 g/mol. The lowest BCUT2D eigenvalue weighted by atomic mass is 9.88. The quantitative estimate of drug-likeness (QED) is 0.284. The van der Waals surface area contributed by atoms with E-state index in [-0.39, 0.29) is 33.5 Å². The molecule has 2 saturated carbocycles. The Morgan fingerprint density at radius 2 is 1.88 bits per heavy atom. The van der Waals surface area contributed by atoms with E-state index < -0.39 is 15.1 Å². The number of halogens is 1. The fraction of sp³-hybridized carbons (Fsp3) is 0.533. The molecule has 0 spiro atoms. The van der Waals surface area contributed by atoms with Gasteiger partial charge in [-0.05, 0) is 88.6 Å². The molecule has 0 saturated heterocycles. The predicted octanol–water partition coefficient (Wildman–Crippen LogP) is 5.94. The van der Waals surface area contributed by atoms with E-state index in [4.69, 9.17) is 16.3 Å². The number of carbonyl (C=O) groups is 1. The van der Waals surface area contributed by atoms with Crippen molar-refractivity contribution in [3.63, 3.8) is 0 Å². The van der Waals surface area contributed by atoms with Crippen molar-refractivity contribution >= 4 is 50.4 Å². The van der Waals surface area contributed by atoms with E-state index in [1.807, 2.05) is 6.92 Å². The number of hydrogen-bond acceptors (Lipinski definition) is 8. The number of ether oxygens (including phenoxy) is 1. The summed E-state index contributed by atoms with van der Waals surface area (Å²) in [5.74, 6) is 0.443. The first-order valence-corrected chi connectivity index (χ1v) is 16.4. The van der Waals surface area contributed by atoms with Gasteiger partial charge in [-0.25, -0.2) is 13.4 Å². The maximum atomic E-state index is 13.3. The molecule has 1 N–H and O–H groups in total. The number of anilines is 2. The fourth-order valence-electron chi connectivity index (χ4n) is 5.90. The van der Waals surface area contributed by atoms with Crippen molar-refractivity contribution in [2.75, 3.05) is 11.9 Å². The van der Waals surface area contributed by atoms with Crippen molar-refractivity contribution in [2.45, 2.75) is 93.9 Å². The molecule has 220 valence electrons. The molecule has 9 nitrogen and oxygen atoms in total. The van der Waals surface area contributed by atoms with Crippen LogP contribution in [0.1, 0.15) is 76.3 Å². The van der Waals surface area contributed by atoms with Gasteiger partial charge in [0.1, 0.15) is 17.0 Å². The monoisotopic (exact) mass is 600 g/mol. The number of aryl methyl sites for hydroxylation is 1. The van der Waals surface area contributed by atoms with E-state index in [1.165, 1.54) is 0 Å². The first-order valence-electron chi connectivity index (χ1n) is 14.4. The molecule has 41 heavy (non-hydrogen) atoms. The van der Waals surface area contributed by atoms with Gasteiger partial charge in [-0.2, -0.15) is 4.98 Å². The third kappa shape index (κ3) is 6.49. The molecule has 0 radical (unpaired) electrons. The Morgan fingerprint density at radius 3 is 2.56 bits per heavy atom. The Bertz CT molecular complexity index is 1580. The first-order chi connectivity index (χ1) is 19.7. The fourth-order valence-corrected chi connectivity index (χ4v) is 7.58. The van der Waals surface area contributed by atoms with Crippen LogP contribution in [-0.2, 0) is 19.4 Å². The number of aldehydes is 1. The van der Waals surface area contributed by atoms with E-state index in [9.17, 15) is 18.0 Å². The molecule has 1 unspecified atom stereocenters. The zero-order chi connectivity index (χ0) is 29.1. The van der Waals surface area contributed by atoms with Crippen molar-refractivity contribution in [2.24, 2.45) is 5.92 Å². The number of pyridine rings is 1. The Kier molecular flexibility index (Phi) is 9.11. The minimum absolute atomic E-state index is 0.0579. The molecule has 2 heterocycles. The van der Waals surface area contributed by atoms with Gasteiger partial charge < -0.3 is 14.8 Å². The van der Waals surface area contributed by atoms with Crippen molar-refractivity contribution in [3.05, 3.63) is 51.4 Å². The molecule has 1 aromatic carbocycles. The second-order valence-corrected chi connectivity index (χ2v) is 14.1. The predicted molar refractivity (Wildman–Crippen MR) is 160 cm³/mol. The van der Waals surface area contributed by atoms with Crippen molar-refractivity contribution < 1.29 is 17.9 Å². The van der Waals surface area contributed by atoms with E-state index in [2.05, 4.69) is 15.3 Å². The summed E-state index contributed by atoms with van der Waals surface area (Å²) in [6.07, 6.45) is 10.4. The van der Waals surface area contributed by atoms with Crippen LogP contribution in [0.5, 0.6) is 0 Å². The molecule has 11 heteroatoms. The van der Waals surface area contributed by atoms with E-state index in [0.717, 1.165) is 63.2 Å². The van der Waals surface area contributed by atoms with E-state index in [0.29, 0.717) is 35.7 Å². The maximum absolute atomic E-state index is 13.3. The number of rotatable bonds is 10. The number of nitrogens with zero attached hydrogens (tertiary/aromatic N) is 3. The zero-order valence-electron chi connectivity index (χ0n) is 23.5. The van der Waals surface area contributed by atoms with Crippen LogP contribution in [0.2, 0.25) is 5.02 Å². The molecule has 2 aliphatic carbocycles. The molecule has 3 aromatic rings. The van der Waals surface area contributed by atoms with Crippen LogP contribution in [0.25, 0.3) is 11.0 Å². The van der Waals surface area contributed by atoms with Crippen LogP contribution in [0.15, 0.2) is 40.2 Å². The van der Waals surface area contributed by atoms with Crippen LogP contribution in [0, 0.1) is 12.8 Å². The lowest BCUT2D eigenvalue weighted by Gasteiger charge is -2.26. The summed E-state index contributed by atoms with van der Waals surface area (Å²) in [7, 11) is -3.56. The number of hydrogen-bond donors (Lipinski definition) is 1. The normalized spacial score (nSPS) is 20.8. The summed E-state index contributed by atoms with van der Waals surface area (Å²) in [4.78, 5) is 33.2. The summed E-state index contributed by atoms with van der Waals surface area (Å²) in [5, 5.41) is 3.44. The van der Waals surface area contributed by atoms with E-state index in [1.54, 1.807) is 42.0 Å². The summed E-state index contributed by atoms with van der Waals surface area (Å²) >= 11 is 6.24. The molecule has 1 atom stereocenters. The second kappa shape index (κ2) is 12.6. The number of fused-ring (bicyclic) bond motifs is 1. The highest BCUT2D eigenvalue weighted by atomic mass is 35.5. The van der Waals surface area contributed by atoms with Gasteiger partial charge in [-0.15, -0.1) is 0 Å². The summed E-state index contributed by atoms with van der Waals surface area (Å²) in [6.45, 7) is 3.91. The number of sulfone groups is 1. The third-order valence-corrected chi connectivity index (χ3v) is 11.0. The molecule has 2 aliphatic rings. The van der Waals surface area contributed by atoms with Crippen LogP contribution in [0.4, 0.5) is 11.6 Å². The molecule has 2 fully saturated rings. The molecular weight excluding hydrogens is 564 g/mol. The number of benzene rings is 1. The average Bonchev–Trinajstić information content (AvgIpc) is 3.50. The number of nitrogens with one attached hydrogen (secondary N) is 1. The van der Waals surface area contributed by atoms with Crippen molar-refractivity contribution in [1.29, 1.82) is 0 Å². The molecule has 5 rings (SSSR count). The Labute approximate surface area is 245 Å². The number of carbonyl (C=O) groups excluding carboxylic acids is 1. The zero-order valence-corrected chi connectivity index (χ0v) is 25.1. The minimum Gasteiger partial charge on any atom is -0.378 e. The lowest BCUT2D eigenvalue weighted by Crippen LogP contribution is -2.25. The van der Waals surface area contributed by atoms with Gasteiger partial charge in [0.25, 0.3) is 5.56 Å². The van der Waals surface area contributed by atoms with Gasteiger partial charge in [0.2, 0.25) is 5.95 Å². The molecule has 0 bridgehead atoms. The first kappa shape index (κ1) is 29.7. The van der Waals surface area contributed by atoms with Gasteiger partial charge in [-0.1, -0.05) is 24.4 Å². The molecule has 0 aliphatic heterocycles. The highest BCUT2D eigenvalue weighted by Gasteiger charge is 2.26. The Morgan fingerprint density at radius 1 is 1.15 bits per heavy atom. The summed E-state index contributed by atoms with van der Waals surface area (Å²) in [6, 6.07) is 6.63. The smallest absolute Gasteiger partial charge is 0.271 e. The van der Waals surface area contributed by atoms with Crippen LogP contribution < -0.4 is 10.9 Å². The standard InChI is InChI=1S/C30H37ClN4O5S/c1-19-15-25(41(38,39)20(2)13-14-40-24-9-7-21(18-36)8-10-24)11-12-27(19)33-30-32-17-22-16-26(31)29(37)35(28(22)34-30)23-5-3-4-6-23/h11-12,15-18,20-21,23-24H,3-10,13-14H2,1-2H3,(H,32,33,34). The molecular formula is C30H37ClN4O5S. The SMILES string of the molecule is Cc1cc(S(=O)(=O)C(C)CCOC2CCC(C=O)CC2)ccc1Nc1ncc2cc(Cl)c(=O)n(C3CCCC3)c2n1. The summed E-state index contributed by atoms with van der Waals surface area (Å²) in [5.41, 5.74) is 1.70. The van der Waals surface area contributed by atoms with Gasteiger partial charge in [-0.3, -0.25) is 9.36 Å². The van der Waals surface area contributed by atoms with Crippen molar-refractivity contribution in [3.8, 4) is 0 Å². The van der Waals surface area contributed by atoms with Gasteiger partial charge >= 0.3 is 0 Å². The van der Waals surface area contributed by atoms with E-state index >= 15 is 0 Å². The van der Waals surface area contributed by atoms with Gasteiger partial charge in [0.05, 0.1) is 16.2 Å². The largest absolute Gasteiger partial charge is 0.378 e. The molecule has 2 aromatic heterocycles. The lowest BCUT2D eigenvalue weighted by molar-refractivity contribution is -0.112. The Balaban J connectivity index is 1.28. The second-order valence-electron chi connectivity index (χ2n) is 11.4. The van der Waals surface area contributed by atoms with Gasteiger partial charge in [0, 0.05) is 35.8 Å². The summed E-state index contributed by atoms with van der Waals surface area (Å²) < 4.78 is 34.2. The Hall–Kier alpha value is -2.82. The van der Waals surface area contributed by atoms with Crippen LogP contribution >= 0.6 is 11.6 Å². The van der Waals surface area contributed by atoms with Crippen LogP contribution in [0.3, 0.4) is 0 Å². The maximum Gasteiger partial charge on any atom is 0.271 e. The minimum atomic E-state index is -3.56. The topological polar surface area (TPSA) is 120 Å². The van der Waals surface area contributed by atoms with Gasteiger partial charge in [0.15, 0.2) is 9.84 Å². The highest BCUT2D eigenvalue weighted by molar-refractivity contribution is 7.92. The van der Waals surface area contributed by atoms with Crippen molar-refractivity contribution in [1.82, 2.24) is 14.5 Å². The molecule has 0 amide bonds. The third-order valence-electron chi connectivity index (χ3n) is 8.51. The highest BCUT2D eigenvalue weighted by Crippen LogP contribution is 2.32. The number of aromatic nitrogens is 3.